The number of carbonyl (C=O) groups excluding carboxylic acids is 2. The lowest BCUT2D eigenvalue weighted by molar-refractivity contribution is -0.137. The number of carbonyl (C=O) groups is 2. The first-order valence-electron chi connectivity index (χ1n) is 13.0. The Bertz CT molecular complexity index is 948. The van der Waals surface area contributed by atoms with E-state index in [9.17, 15) is 9.59 Å². The lowest BCUT2D eigenvalue weighted by Gasteiger charge is -2.29. The Morgan fingerprint density at radius 1 is 0.917 bits per heavy atom. The summed E-state index contributed by atoms with van der Waals surface area (Å²) in [4.78, 5) is 23.5. The molecule has 194 valence electrons. The van der Waals surface area contributed by atoms with Gasteiger partial charge in [0.25, 0.3) is 0 Å². The van der Waals surface area contributed by atoms with Gasteiger partial charge in [-0.05, 0) is 99.7 Å². The summed E-state index contributed by atoms with van der Waals surface area (Å²) in [6, 6.07) is 14.9. The fraction of sp³-hybridized carbons (Fsp3) is 0.467. The summed E-state index contributed by atoms with van der Waals surface area (Å²) in [6.07, 6.45) is 9.75. The Morgan fingerprint density at radius 3 is 2.31 bits per heavy atom. The van der Waals surface area contributed by atoms with E-state index in [1.807, 2.05) is 19.1 Å². The summed E-state index contributed by atoms with van der Waals surface area (Å²) >= 11 is 0. The Labute approximate surface area is 214 Å². The standard InChI is InChI=1S/C30H38O6/c1-3-29(31)35-21-8-6-5-7-20-34-26-16-14-24(15-17-26)30(32)36-27-18-12-23(13-19-27)25-10-9-11-28(22-25)33-4-2/h3,12-19,25,28H,1,4-11,20-22H2,2H3. The van der Waals surface area contributed by atoms with Crippen molar-refractivity contribution in [2.75, 3.05) is 19.8 Å². The molecule has 0 N–H and O–H groups in total. The van der Waals surface area contributed by atoms with Gasteiger partial charge in [-0.25, -0.2) is 9.59 Å². The van der Waals surface area contributed by atoms with Crippen LogP contribution < -0.4 is 9.47 Å². The van der Waals surface area contributed by atoms with E-state index in [1.165, 1.54) is 24.5 Å². The van der Waals surface area contributed by atoms with Crippen molar-refractivity contribution in [2.24, 2.45) is 0 Å². The van der Waals surface area contributed by atoms with Gasteiger partial charge in [0.2, 0.25) is 0 Å². The summed E-state index contributed by atoms with van der Waals surface area (Å²) in [7, 11) is 0. The van der Waals surface area contributed by atoms with E-state index in [1.54, 1.807) is 24.3 Å². The molecule has 2 aromatic carbocycles. The van der Waals surface area contributed by atoms with Gasteiger partial charge in [0.05, 0.1) is 24.9 Å². The predicted octanol–water partition coefficient (Wildman–Crippen LogP) is 6.64. The minimum Gasteiger partial charge on any atom is -0.494 e. The second-order valence-electron chi connectivity index (χ2n) is 9.06. The number of rotatable bonds is 14. The number of esters is 2. The van der Waals surface area contributed by atoms with E-state index < -0.39 is 0 Å². The average molecular weight is 495 g/mol. The fourth-order valence-corrected chi connectivity index (χ4v) is 4.48. The lowest BCUT2D eigenvalue weighted by Crippen LogP contribution is -2.21. The fourth-order valence-electron chi connectivity index (χ4n) is 4.48. The maximum absolute atomic E-state index is 12.6. The predicted molar refractivity (Wildman–Crippen MR) is 140 cm³/mol. The average Bonchev–Trinajstić information content (AvgIpc) is 2.91. The quantitative estimate of drug-likeness (QED) is 0.127. The molecule has 6 heteroatoms. The summed E-state index contributed by atoms with van der Waals surface area (Å²) in [5, 5.41) is 0. The molecule has 0 radical (unpaired) electrons. The smallest absolute Gasteiger partial charge is 0.343 e. The van der Waals surface area contributed by atoms with Crippen LogP contribution in [0.2, 0.25) is 0 Å². The molecule has 1 fully saturated rings. The van der Waals surface area contributed by atoms with Crippen LogP contribution >= 0.6 is 0 Å². The van der Waals surface area contributed by atoms with Crippen LogP contribution in [0.5, 0.6) is 11.5 Å². The third kappa shape index (κ3) is 9.15. The summed E-state index contributed by atoms with van der Waals surface area (Å²) in [6.45, 7) is 7.19. The van der Waals surface area contributed by atoms with Gasteiger partial charge in [0, 0.05) is 12.7 Å². The molecule has 0 spiro atoms. The third-order valence-corrected chi connectivity index (χ3v) is 6.40. The van der Waals surface area contributed by atoms with Gasteiger partial charge in [-0.15, -0.1) is 0 Å². The summed E-state index contributed by atoms with van der Waals surface area (Å²) < 4.78 is 22.1. The van der Waals surface area contributed by atoms with E-state index in [-0.39, 0.29) is 11.9 Å². The molecule has 0 aromatic heterocycles. The first-order chi connectivity index (χ1) is 17.6. The van der Waals surface area contributed by atoms with Crippen molar-refractivity contribution in [3.05, 3.63) is 72.3 Å². The molecule has 0 bridgehead atoms. The Balaban J connectivity index is 1.37. The van der Waals surface area contributed by atoms with Gasteiger partial charge in [0.1, 0.15) is 11.5 Å². The van der Waals surface area contributed by atoms with Crippen LogP contribution in [0.3, 0.4) is 0 Å². The number of hydrogen-bond acceptors (Lipinski definition) is 6. The van der Waals surface area contributed by atoms with E-state index in [0.29, 0.717) is 42.3 Å². The summed E-state index contributed by atoms with van der Waals surface area (Å²) in [5.74, 6) is 0.985. The first-order valence-corrected chi connectivity index (χ1v) is 13.0. The molecule has 2 aromatic rings. The van der Waals surface area contributed by atoms with Crippen LogP contribution in [-0.4, -0.2) is 37.9 Å². The molecule has 36 heavy (non-hydrogen) atoms. The van der Waals surface area contributed by atoms with Crippen molar-refractivity contribution in [3.8, 4) is 11.5 Å². The normalized spacial score (nSPS) is 17.2. The Kier molecular flexibility index (Phi) is 11.5. The summed E-state index contributed by atoms with van der Waals surface area (Å²) in [5.41, 5.74) is 1.75. The maximum Gasteiger partial charge on any atom is 0.343 e. The minimum atomic E-state index is -0.388. The minimum absolute atomic E-state index is 0.346. The zero-order chi connectivity index (χ0) is 25.6. The molecule has 2 unspecified atom stereocenters. The van der Waals surface area contributed by atoms with Crippen molar-refractivity contribution < 1.29 is 28.5 Å². The molecule has 0 aliphatic heterocycles. The van der Waals surface area contributed by atoms with Crippen LogP contribution in [0.1, 0.15) is 80.1 Å². The Morgan fingerprint density at radius 2 is 1.61 bits per heavy atom. The molecule has 1 saturated carbocycles. The van der Waals surface area contributed by atoms with Crippen molar-refractivity contribution in [1.82, 2.24) is 0 Å². The van der Waals surface area contributed by atoms with Gasteiger partial charge in [0.15, 0.2) is 0 Å². The van der Waals surface area contributed by atoms with Crippen LogP contribution in [0.15, 0.2) is 61.2 Å². The second-order valence-corrected chi connectivity index (χ2v) is 9.06. The molecular weight excluding hydrogens is 456 g/mol. The third-order valence-electron chi connectivity index (χ3n) is 6.40. The molecule has 3 rings (SSSR count). The molecule has 0 amide bonds. The number of ether oxygens (including phenoxy) is 4. The highest BCUT2D eigenvalue weighted by Crippen LogP contribution is 2.35. The van der Waals surface area contributed by atoms with Crippen molar-refractivity contribution >= 4 is 11.9 Å². The highest BCUT2D eigenvalue weighted by atomic mass is 16.5. The van der Waals surface area contributed by atoms with Crippen LogP contribution in [0.4, 0.5) is 0 Å². The van der Waals surface area contributed by atoms with Crippen molar-refractivity contribution in [1.29, 1.82) is 0 Å². The second kappa shape index (κ2) is 15.1. The van der Waals surface area contributed by atoms with E-state index in [2.05, 4.69) is 18.7 Å². The lowest BCUT2D eigenvalue weighted by atomic mass is 9.82. The molecule has 1 aliphatic rings. The highest BCUT2D eigenvalue weighted by molar-refractivity contribution is 5.91. The van der Waals surface area contributed by atoms with Gasteiger partial charge in [-0.1, -0.05) is 25.1 Å². The number of unbranched alkanes of at least 4 members (excludes halogenated alkanes) is 3. The van der Waals surface area contributed by atoms with Crippen molar-refractivity contribution in [3.63, 3.8) is 0 Å². The molecule has 1 aliphatic carbocycles. The van der Waals surface area contributed by atoms with E-state index in [4.69, 9.17) is 18.9 Å². The monoisotopic (exact) mass is 494 g/mol. The molecular formula is C30H38O6. The SMILES string of the molecule is C=CC(=O)OCCCCCCOc1ccc(C(=O)Oc2ccc(C3CCCC(OCC)C3)cc2)cc1. The van der Waals surface area contributed by atoms with Gasteiger partial charge < -0.3 is 18.9 Å². The van der Waals surface area contributed by atoms with Crippen molar-refractivity contribution in [2.45, 2.75) is 70.3 Å². The van der Waals surface area contributed by atoms with Crippen LogP contribution in [0, 0.1) is 0 Å². The molecule has 2 atom stereocenters. The van der Waals surface area contributed by atoms with Crippen LogP contribution in [0.25, 0.3) is 0 Å². The molecule has 6 nitrogen and oxygen atoms in total. The van der Waals surface area contributed by atoms with Gasteiger partial charge in [-0.3, -0.25) is 0 Å². The van der Waals surface area contributed by atoms with Crippen LogP contribution in [-0.2, 0) is 14.3 Å². The first kappa shape index (κ1) is 27.5. The molecule has 0 heterocycles. The van der Waals surface area contributed by atoms with E-state index >= 15 is 0 Å². The van der Waals surface area contributed by atoms with Gasteiger partial charge in [-0.2, -0.15) is 0 Å². The molecule has 0 saturated heterocycles. The Hall–Kier alpha value is -3.12. The topological polar surface area (TPSA) is 71.1 Å². The zero-order valence-corrected chi connectivity index (χ0v) is 21.3. The number of benzene rings is 2. The highest BCUT2D eigenvalue weighted by Gasteiger charge is 2.23. The maximum atomic E-state index is 12.6. The zero-order valence-electron chi connectivity index (χ0n) is 21.3. The number of hydrogen-bond donors (Lipinski definition) is 0. The van der Waals surface area contributed by atoms with Gasteiger partial charge >= 0.3 is 11.9 Å². The largest absolute Gasteiger partial charge is 0.494 e. The van der Waals surface area contributed by atoms with E-state index in [0.717, 1.165) is 45.1 Å².